The zero-order valence-electron chi connectivity index (χ0n) is 19.0. The quantitative estimate of drug-likeness (QED) is 0.374. The molecular formula is C23H27F3N2O6. The second kappa shape index (κ2) is 10.9. The van der Waals surface area contributed by atoms with Crippen molar-refractivity contribution in [2.24, 2.45) is 5.92 Å². The van der Waals surface area contributed by atoms with Crippen molar-refractivity contribution in [3.63, 3.8) is 0 Å². The highest BCUT2D eigenvalue weighted by Gasteiger charge is 2.40. The molecule has 2 fully saturated rings. The summed E-state index contributed by atoms with van der Waals surface area (Å²) in [5.74, 6) is -5.78. The van der Waals surface area contributed by atoms with Gasteiger partial charge in [-0.05, 0) is 24.8 Å². The van der Waals surface area contributed by atoms with E-state index < -0.39 is 66.4 Å². The lowest BCUT2D eigenvalue weighted by molar-refractivity contribution is -0.158. The fourth-order valence-corrected chi connectivity index (χ4v) is 4.18. The Hall–Kier alpha value is -3.11. The number of nitrogens with zero attached hydrogens (tertiary/aromatic N) is 2. The van der Waals surface area contributed by atoms with E-state index in [1.54, 1.807) is 0 Å². The van der Waals surface area contributed by atoms with Crippen molar-refractivity contribution in [1.29, 1.82) is 0 Å². The molecule has 0 unspecified atom stereocenters. The minimum Gasteiger partial charge on any atom is -0.468 e. The predicted molar refractivity (Wildman–Crippen MR) is 111 cm³/mol. The summed E-state index contributed by atoms with van der Waals surface area (Å²) >= 11 is 0. The van der Waals surface area contributed by atoms with Crippen molar-refractivity contribution in [1.82, 2.24) is 9.80 Å². The fraction of sp³-hybridized carbons (Fsp3) is 0.565. The van der Waals surface area contributed by atoms with Crippen molar-refractivity contribution in [3.8, 4) is 0 Å². The van der Waals surface area contributed by atoms with Crippen LogP contribution in [0.5, 0.6) is 0 Å². The number of esters is 2. The lowest BCUT2D eigenvalue weighted by atomic mass is 10.0. The maximum absolute atomic E-state index is 14.2. The summed E-state index contributed by atoms with van der Waals surface area (Å²) in [4.78, 5) is 52.4. The molecule has 34 heavy (non-hydrogen) atoms. The number of ether oxygens (including phenoxy) is 2. The molecule has 2 amide bonds. The minimum absolute atomic E-state index is 0.0663. The van der Waals surface area contributed by atoms with Crippen LogP contribution in [0.1, 0.15) is 44.1 Å². The van der Waals surface area contributed by atoms with E-state index in [4.69, 9.17) is 4.74 Å². The Bertz CT molecular complexity index is 968. The van der Waals surface area contributed by atoms with Crippen LogP contribution in [-0.2, 0) is 35.2 Å². The number of methoxy groups -OCH3 is 2. The number of halogens is 3. The third kappa shape index (κ3) is 6.06. The van der Waals surface area contributed by atoms with E-state index in [1.807, 2.05) is 0 Å². The van der Waals surface area contributed by atoms with Crippen LogP contribution in [0.2, 0.25) is 0 Å². The van der Waals surface area contributed by atoms with Gasteiger partial charge in [0.1, 0.15) is 18.4 Å². The molecule has 1 saturated heterocycles. The Labute approximate surface area is 195 Å². The van der Waals surface area contributed by atoms with E-state index in [2.05, 4.69) is 4.74 Å². The topological polar surface area (TPSA) is 93.2 Å². The number of carbonyl (C=O) groups excluding carboxylic acids is 4. The van der Waals surface area contributed by atoms with Crippen LogP contribution >= 0.6 is 0 Å². The zero-order valence-corrected chi connectivity index (χ0v) is 19.0. The van der Waals surface area contributed by atoms with Crippen LogP contribution in [0.25, 0.3) is 0 Å². The van der Waals surface area contributed by atoms with Gasteiger partial charge in [0.2, 0.25) is 11.8 Å². The smallest absolute Gasteiger partial charge is 0.328 e. The van der Waals surface area contributed by atoms with Gasteiger partial charge in [0, 0.05) is 37.1 Å². The maximum Gasteiger partial charge on any atom is 0.328 e. The molecule has 0 aromatic heterocycles. The summed E-state index contributed by atoms with van der Waals surface area (Å²) in [7, 11) is 2.34. The number of rotatable bonds is 10. The highest BCUT2D eigenvalue weighted by atomic mass is 19.2. The monoisotopic (exact) mass is 484 g/mol. The van der Waals surface area contributed by atoms with Gasteiger partial charge < -0.3 is 19.3 Å². The van der Waals surface area contributed by atoms with Crippen LogP contribution in [0, 0.1) is 23.4 Å². The molecule has 0 radical (unpaired) electrons. The van der Waals surface area contributed by atoms with E-state index >= 15 is 0 Å². The molecule has 186 valence electrons. The first-order valence-electron chi connectivity index (χ1n) is 11.0. The Kier molecular flexibility index (Phi) is 8.16. The van der Waals surface area contributed by atoms with Crippen LogP contribution in [0.15, 0.2) is 12.1 Å². The zero-order chi connectivity index (χ0) is 25.0. The Morgan fingerprint density at radius 2 is 1.82 bits per heavy atom. The molecule has 2 aliphatic rings. The van der Waals surface area contributed by atoms with Crippen LogP contribution in [0.4, 0.5) is 13.2 Å². The van der Waals surface area contributed by atoms with Gasteiger partial charge in [-0.2, -0.15) is 0 Å². The van der Waals surface area contributed by atoms with Crippen molar-refractivity contribution in [2.45, 2.75) is 57.2 Å². The average molecular weight is 484 g/mol. The molecule has 3 rings (SSSR count). The van der Waals surface area contributed by atoms with E-state index in [1.165, 1.54) is 12.0 Å². The van der Waals surface area contributed by atoms with Gasteiger partial charge in [0.25, 0.3) is 0 Å². The molecule has 0 bridgehead atoms. The number of amides is 2. The second-order valence-corrected chi connectivity index (χ2v) is 8.59. The van der Waals surface area contributed by atoms with Gasteiger partial charge >= 0.3 is 11.9 Å². The minimum atomic E-state index is -1.38. The summed E-state index contributed by atoms with van der Waals surface area (Å²) in [5.41, 5.74) is -0.349. The van der Waals surface area contributed by atoms with Crippen molar-refractivity contribution < 1.29 is 41.8 Å². The fourth-order valence-electron chi connectivity index (χ4n) is 4.18. The average Bonchev–Trinajstić information content (AvgIpc) is 3.57. The number of likely N-dealkylation sites (tertiary alicyclic amines) is 1. The van der Waals surface area contributed by atoms with Gasteiger partial charge in [0.15, 0.2) is 11.6 Å². The summed E-state index contributed by atoms with van der Waals surface area (Å²) in [6, 6.07) is -0.493. The standard InChI is InChI=1S/C23H27F3N2O6/c1-33-21(31)12-28(18(23(32)34-2)7-13-3-4-13)20(30)10-16-5-6-19(29)27(16)11-14-8-15(24)9-17(25)22(14)26/h8-9,13,16,18H,3-7,10-12H2,1-2H3/t16-,18-/m0/s1. The molecule has 1 aliphatic carbocycles. The molecule has 0 N–H and O–H groups in total. The summed E-state index contributed by atoms with van der Waals surface area (Å²) < 4.78 is 50.9. The van der Waals surface area contributed by atoms with Crippen LogP contribution < -0.4 is 0 Å². The SMILES string of the molecule is COC(=O)CN(C(=O)C[C@@H]1CCC(=O)N1Cc1cc(F)cc(F)c1F)[C@@H](CC1CC1)C(=O)OC. The number of hydrogen-bond donors (Lipinski definition) is 0. The number of hydrogen-bond acceptors (Lipinski definition) is 6. The molecule has 1 heterocycles. The molecule has 11 heteroatoms. The summed E-state index contributed by atoms with van der Waals surface area (Å²) in [5, 5.41) is 0. The first-order valence-corrected chi connectivity index (χ1v) is 11.0. The third-order valence-electron chi connectivity index (χ3n) is 6.22. The molecule has 8 nitrogen and oxygen atoms in total. The van der Waals surface area contributed by atoms with Gasteiger partial charge in [-0.1, -0.05) is 12.8 Å². The van der Waals surface area contributed by atoms with E-state index in [0.717, 1.165) is 30.9 Å². The molecule has 0 spiro atoms. The third-order valence-corrected chi connectivity index (χ3v) is 6.22. The van der Waals surface area contributed by atoms with Crippen molar-refractivity contribution >= 4 is 23.8 Å². The van der Waals surface area contributed by atoms with Crippen molar-refractivity contribution in [2.75, 3.05) is 20.8 Å². The second-order valence-electron chi connectivity index (χ2n) is 8.59. The molecule has 1 aromatic rings. The van der Waals surface area contributed by atoms with E-state index in [9.17, 15) is 32.3 Å². The first-order chi connectivity index (χ1) is 16.1. The van der Waals surface area contributed by atoms with Crippen LogP contribution in [0.3, 0.4) is 0 Å². The highest BCUT2D eigenvalue weighted by Crippen LogP contribution is 2.35. The van der Waals surface area contributed by atoms with E-state index in [-0.39, 0.29) is 30.7 Å². The first kappa shape index (κ1) is 25.5. The normalized spacial score (nSPS) is 18.6. The lowest BCUT2D eigenvalue weighted by Gasteiger charge is -2.32. The predicted octanol–water partition coefficient (Wildman–Crippen LogP) is 2.33. The number of carbonyl (C=O) groups is 4. The van der Waals surface area contributed by atoms with Gasteiger partial charge in [0.05, 0.1) is 14.2 Å². The maximum atomic E-state index is 14.2. The Balaban J connectivity index is 1.80. The Morgan fingerprint density at radius 3 is 2.44 bits per heavy atom. The molecule has 2 atom stereocenters. The van der Waals surface area contributed by atoms with Gasteiger partial charge in [-0.3, -0.25) is 14.4 Å². The molecule has 1 aliphatic heterocycles. The highest BCUT2D eigenvalue weighted by molar-refractivity contribution is 5.89. The molecule has 1 aromatic carbocycles. The van der Waals surface area contributed by atoms with Gasteiger partial charge in [-0.25, -0.2) is 18.0 Å². The van der Waals surface area contributed by atoms with Crippen LogP contribution in [-0.4, -0.2) is 66.4 Å². The Morgan fingerprint density at radius 1 is 1.12 bits per heavy atom. The number of benzene rings is 1. The van der Waals surface area contributed by atoms with E-state index in [0.29, 0.717) is 12.5 Å². The largest absolute Gasteiger partial charge is 0.468 e. The lowest BCUT2D eigenvalue weighted by Crippen LogP contribution is -2.50. The summed E-state index contributed by atoms with van der Waals surface area (Å²) in [6.07, 6.45) is 2.18. The summed E-state index contributed by atoms with van der Waals surface area (Å²) in [6.45, 7) is -0.900. The van der Waals surface area contributed by atoms with Gasteiger partial charge in [-0.15, -0.1) is 0 Å². The molecular weight excluding hydrogens is 457 g/mol. The van der Waals surface area contributed by atoms with Crippen molar-refractivity contribution in [3.05, 3.63) is 35.1 Å². The molecule has 1 saturated carbocycles.